The number of nitrogens with one attached hydrogen (secondary N) is 1. The number of anilines is 1. The zero-order valence-electron chi connectivity index (χ0n) is 13.4. The predicted molar refractivity (Wildman–Crippen MR) is 104 cm³/mol. The standard InChI is InChI=1S/C19H15ClN2O2S/c1-24-16-8-2-13(3-9-16)12-21-19-17(10-11-25-19)18(23)22-15-6-4-14(20)5-7-15/h2-12H,1H3,(H,22,23)/b21-12+. The molecular weight excluding hydrogens is 356 g/mol. The molecule has 0 radical (unpaired) electrons. The molecule has 1 heterocycles. The van der Waals surface area contributed by atoms with Gasteiger partial charge >= 0.3 is 0 Å². The molecule has 126 valence electrons. The van der Waals surface area contributed by atoms with Crippen molar-refractivity contribution in [2.75, 3.05) is 12.4 Å². The highest BCUT2D eigenvalue weighted by atomic mass is 35.5. The number of rotatable bonds is 5. The van der Waals surface area contributed by atoms with E-state index in [1.807, 2.05) is 29.6 Å². The molecule has 0 unspecified atom stereocenters. The normalized spacial score (nSPS) is 10.8. The van der Waals surface area contributed by atoms with Gasteiger partial charge in [0.25, 0.3) is 5.91 Å². The van der Waals surface area contributed by atoms with Crippen molar-refractivity contribution < 1.29 is 9.53 Å². The van der Waals surface area contributed by atoms with Crippen LogP contribution in [0.5, 0.6) is 5.75 Å². The molecule has 0 atom stereocenters. The van der Waals surface area contributed by atoms with E-state index in [2.05, 4.69) is 10.3 Å². The Morgan fingerprint density at radius 3 is 2.52 bits per heavy atom. The fourth-order valence-electron chi connectivity index (χ4n) is 2.13. The minimum Gasteiger partial charge on any atom is -0.497 e. The second kappa shape index (κ2) is 7.96. The third-order valence-corrected chi connectivity index (χ3v) is 4.51. The van der Waals surface area contributed by atoms with E-state index in [-0.39, 0.29) is 5.91 Å². The van der Waals surface area contributed by atoms with Crippen molar-refractivity contribution in [3.05, 3.63) is 76.1 Å². The molecule has 3 rings (SSSR count). The van der Waals surface area contributed by atoms with E-state index >= 15 is 0 Å². The third kappa shape index (κ3) is 4.47. The first-order valence-corrected chi connectivity index (χ1v) is 8.74. The predicted octanol–water partition coefficient (Wildman–Crippen LogP) is 5.41. The lowest BCUT2D eigenvalue weighted by Crippen LogP contribution is -2.10. The first kappa shape index (κ1) is 17.2. The van der Waals surface area contributed by atoms with Crippen LogP contribution < -0.4 is 10.1 Å². The van der Waals surface area contributed by atoms with E-state index in [1.165, 1.54) is 11.3 Å². The number of hydrogen-bond donors (Lipinski definition) is 1. The van der Waals surface area contributed by atoms with E-state index in [0.29, 0.717) is 21.3 Å². The molecule has 25 heavy (non-hydrogen) atoms. The van der Waals surface area contributed by atoms with Gasteiger partial charge in [-0.15, -0.1) is 11.3 Å². The molecule has 0 aliphatic rings. The summed E-state index contributed by atoms with van der Waals surface area (Å²) in [4.78, 5) is 16.9. The summed E-state index contributed by atoms with van der Waals surface area (Å²) in [6, 6.07) is 16.3. The van der Waals surface area contributed by atoms with Gasteiger partial charge in [0.05, 0.1) is 12.7 Å². The lowest BCUT2D eigenvalue weighted by atomic mass is 10.2. The van der Waals surface area contributed by atoms with Gasteiger partial charge < -0.3 is 10.1 Å². The van der Waals surface area contributed by atoms with Crippen molar-refractivity contribution >= 4 is 45.7 Å². The quantitative estimate of drug-likeness (QED) is 0.610. The van der Waals surface area contributed by atoms with Crippen molar-refractivity contribution in [3.63, 3.8) is 0 Å². The lowest BCUT2D eigenvalue weighted by molar-refractivity contribution is 0.102. The minimum atomic E-state index is -0.203. The first-order chi connectivity index (χ1) is 12.2. The highest BCUT2D eigenvalue weighted by molar-refractivity contribution is 7.14. The van der Waals surface area contributed by atoms with Crippen LogP contribution in [0.4, 0.5) is 10.7 Å². The summed E-state index contributed by atoms with van der Waals surface area (Å²) in [5.74, 6) is 0.585. The Morgan fingerprint density at radius 2 is 1.84 bits per heavy atom. The highest BCUT2D eigenvalue weighted by Gasteiger charge is 2.12. The van der Waals surface area contributed by atoms with Crippen molar-refractivity contribution in [1.82, 2.24) is 0 Å². The molecule has 4 nitrogen and oxygen atoms in total. The smallest absolute Gasteiger partial charge is 0.258 e. The summed E-state index contributed by atoms with van der Waals surface area (Å²) in [6.45, 7) is 0. The lowest BCUT2D eigenvalue weighted by Gasteiger charge is -2.04. The molecule has 1 N–H and O–H groups in total. The highest BCUT2D eigenvalue weighted by Crippen LogP contribution is 2.27. The largest absolute Gasteiger partial charge is 0.497 e. The Bertz CT molecular complexity index is 887. The van der Waals surface area contributed by atoms with E-state index in [1.54, 1.807) is 43.7 Å². The van der Waals surface area contributed by atoms with E-state index < -0.39 is 0 Å². The van der Waals surface area contributed by atoms with Gasteiger partial charge in [0.1, 0.15) is 10.8 Å². The number of nitrogens with zero attached hydrogens (tertiary/aromatic N) is 1. The summed E-state index contributed by atoms with van der Waals surface area (Å²) < 4.78 is 5.13. The Hall–Kier alpha value is -2.63. The van der Waals surface area contributed by atoms with Crippen LogP contribution in [0.2, 0.25) is 5.02 Å². The first-order valence-electron chi connectivity index (χ1n) is 7.48. The van der Waals surface area contributed by atoms with Gasteiger partial charge in [-0.05, 0) is 65.5 Å². The molecule has 0 spiro atoms. The number of thiophene rings is 1. The molecule has 1 aromatic heterocycles. The van der Waals surface area contributed by atoms with Crippen LogP contribution in [0.3, 0.4) is 0 Å². The second-order valence-corrected chi connectivity index (χ2v) is 6.46. The topological polar surface area (TPSA) is 50.7 Å². The van der Waals surface area contributed by atoms with Gasteiger partial charge in [0, 0.05) is 16.9 Å². The Kier molecular flexibility index (Phi) is 5.48. The van der Waals surface area contributed by atoms with Crippen molar-refractivity contribution in [3.8, 4) is 5.75 Å². The molecule has 1 amide bonds. The number of benzene rings is 2. The van der Waals surface area contributed by atoms with Crippen LogP contribution in [0.1, 0.15) is 15.9 Å². The molecule has 0 aliphatic heterocycles. The van der Waals surface area contributed by atoms with Crippen LogP contribution in [0, 0.1) is 0 Å². The molecular formula is C19H15ClN2O2S. The SMILES string of the molecule is COc1ccc(/C=N/c2sccc2C(=O)Nc2ccc(Cl)cc2)cc1. The Labute approximate surface area is 154 Å². The number of amides is 1. The van der Waals surface area contributed by atoms with Gasteiger partial charge in [-0.3, -0.25) is 4.79 Å². The van der Waals surface area contributed by atoms with Crippen LogP contribution in [0.25, 0.3) is 0 Å². The number of carbonyl (C=O) groups excluding carboxylic acids is 1. The number of carbonyl (C=O) groups is 1. The monoisotopic (exact) mass is 370 g/mol. The van der Waals surface area contributed by atoms with Crippen molar-refractivity contribution in [2.24, 2.45) is 4.99 Å². The van der Waals surface area contributed by atoms with Crippen LogP contribution in [0.15, 0.2) is 65.0 Å². The molecule has 6 heteroatoms. The average Bonchev–Trinajstić information content (AvgIpc) is 3.11. The van der Waals surface area contributed by atoms with Gasteiger partial charge in [-0.25, -0.2) is 4.99 Å². The Morgan fingerprint density at radius 1 is 1.12 bits per heavy atom. The van der Waals surface area contributed by atoms with E-state index in [4.69, 9.17) is 16.3 Å². The average molecular weight is 371 g/mol. The third-order valence-electron chi connectivity index (χ3n) is 3.44. The van der Waals surface area contributed by atoms with Crippen LogP contribution in [-0.4, -0.2) is 19.2 Å². The molecule has 2 aromatic carbocycles. The molecule has 0 aliphatic carbocycles. The molecule has 0 fully saturated rings. The van der Waals surface area contributed by atoms with Gasteiger partial charge in [0.2, 0.25) is 0 Å². The molecule has 0 saturated heterocycles. The van der Waals surface area contributed by atoms with Crippen LogP contribution >= 0.6 is 22.9 Å². The zero-order chi connectivity index (χ0) is 17.6. The maximum Gasteiger partial charge on any atom is 0.258 e. The Balaban J connectivity index is 1.73. The maximum absolute atomic E-state index is 12.4. The van der Waals surface area contributed by atoms with Gasteiger partial charge in [0.15, 0.2) is 0 Å². The summed E-state index contributed by atoms with van der Waals surface area (Å²) >= 11 is 7.27. The molecule has 0 saturated carbocycles. The van der Waals surface area contributed by atoms with Crippen molar-refractivity contribution in [1.29, 1.82) is 0 Å². The second-order valence-electron chi connectivity index (χ2n) is 5.13. The summed E-state index contributed by atoms with van der Waals surface area (Å²) in [5.41, 5.74) is 2.15. The minimum absolute atomic E-state index is 0.203. The molecule has 3 aromatic rings. The number of ether oxygens (including phenoxy) is 1. The maximum atomic E-state index is 12.4. The summed E-state index contributed by atoms with van der Waals surface area (Å²) in [7, 11) is 1.63. The number of methoxy groups -OCH3 is 1. The number of hydrogen-bond acceptors (Lipinski definition) is 4. The number of halogens is 1. The summed E-state index contributed by atoms with van der Waals surface area (Å²) in [5, 5.41) is 5.97. The van der Waals surface area contributed by atoms with E-state index in [0.717, 1.165) is 11.3 Å². The zero-order valence-corrected chi connectivity index (χ0v) is 15.0. The molecule has 0 bridgehead atoms. The van der Waals surface area contributed by atoms with Gasteiger partial charge in [-0.2, -0.15) is 0 Å². The van der Waals surface area contributed by atoms with Gasteiger partial charge in [-0.1, -0.05) is 11.6 Å². The van der Waals surface area contributed by atoms with E-state index in [9.17, 15) is 4.79 Å². The fourth-order valence-corrected chi connectivity index (χ4v) is 2.99. The number of aliphatic imine (C=N–C) groups is 1. The fraction of sp³-hybridized carbons (Fsp3) is 0.0526. The van der Waals surface area contributed by atoms with Crippen LogP contribution in [-0.2, 0) is 0 Å². The van der Waals surface area contributed by atoms with Crippen molar-refractivity contribution in [2.45, 2.75) is 0 Å². The summed E-state index contributed by atoms with van der Waals surface area (Å²) in [6.07, 6.45) is 1.73.